The average Bonchev–Trinajstić information content (AvgIpc) is 3.42. The predicted molar refractivity (Wildman–Crippen MR) is 106 cm³/mol. The van der Waals surface area contributed by atoms with Gasteiger partial charge in [0, 0.05) is 24.0 Å². The molecule has 0 aliphatic heterocycles. The van der Waals surface area contributed by atoms with Gasteiger partial charge in [-0.05, 0) is 24.3 Å². The first-order chi connectivity index (χ1) is 13.8. The van der Waals surface area contributed by atoms with Gasteiger partial charge in [0.1, 0.15) is 11.5 Å². The zero-order chi connectivity index (χ0) is 19.3. The quantitative estimate of drug-likeness (QED) is 0.434. The smallest absolute Gasteiger partial charge is 0.237 e. The van der Waals surface area contributed by atoms with E-state index in [9.17, 15) is 0 Å². The molecule has 7 nitrogen and oxygen atoms in total. The molecule has 28 heavy (non-hydrogen) atoms. The fraction of sp³-hybridized carbons (Fsp3) is 0.150. The molecular formula is C20H18N4O3S. The fourth-order valence-corrected chi connectivity index (χ4v) is 3.48. The first-order valence-corrected chi connectivity index (χ1v) is 9.53. The van der Waals surface area contributed by atoms with Crippen LogP contribution in [0.3, 0.4) is 0 Å². The zero-order valence-electron chi connectivity index (χ0n) is 15.4. The van der Waals surface area contributed by atoms with E-state index in [-0.39, 0.29) is 0 Å². The molecule has 142 valence electrons. The minimum atomic E-state index is 0.512. The standard InChI is InChI=1S/C20H18N4O3S/c1-25-16-7-3-5-14(11-16)19-22-18(27-23-19)13-28-20-21-9-10-24(20)15-6-4-8-17(12-15)26-2/h3-12H,13H2,1-2H3. The van der Waals surface area contributed by atoms with Crippen molar-refractivity contribution in [1.82, 2.24) is 19.7 Å². The van der Waals surface area contributed by atoms with Crippen molar-refractivity contribution in [2.24, 2.45) is 0 Å². The summed E-state index contributed by atoms with van der Waals surface area (Å²) in [5.41, 5.74) is 1.82. The van der Waals surface area contributed by atoms with E-state index in [4.69, 9.17) is 14.0 Å². The van der Waals surface area contributed by atoms with Crippen molar-refractivity contribution >= 4 is 11.8 Å². The second-order valence-corrected chi connectivity index (χ2v) is 6.76. The van der Waals surface area contributed by atoms with Crippen LogP contribution in [0.4, 0.5) is 0 Å². The Balaban J connectivity index is 1.49. The van der Waals surface area contributed by atoms with E-state index in [0.717, 1.165) is 27.9 Å². The molecular weight excluding hydrogens is 376 g/mol. The van der Waals surface area contributed by atoms with Crippen molar-refractivity contribution in [3.63, 3.8) is 0 Å². The Morgan fingerprint density at radius 3 is 2.64 bits per heavy atom. The van der Waals surface area contributed by atoms with Crippen LogP contribution in [0.15, 0.2) is 70.6 Å². The maximum absolute atomic E-state index is 5.39. The van der Waals surface area contributed by atoms with Crippen LogP contribution >= 0.6 is 11.8 Å². The third-order valence-corrected chi connectivity index (χ3v) is 5.01. The Hall–Kier alpha value is -3.26. The molecule has 0 aliphatic carbocycles. The van der Waals surface area contributed by atoms with Gasteiger partial charge in [-0.1, -0.05) is 35.1 Å². The summed E-state index contributed by atoms with van der Waals surface area (Å²) < 4.78 is 17.9. The van der Waals surface area contributed by atoms with Crippen molar-refractivity contribution < 1.29 is 14.0 Å². The van der Waals surface area contributed by atoms with Gasteiger partial charge in [0.15, 0.2) is 5.16 Å². The molecule has 0 fully saturated rings. The summed E-state index contributed by atoms with van der Waals surface area (Å²) in [4.78, 5) is 8.90. The van der Waals surface area contributed by atoms with Crippen molar-refractivity contribution in [2.75, 3.05) is 14.2 Å². The number of aromatic nitrogens is 4. The largest absolute Gasteiger partial charge is 0.497 e. The van der Waals surface area contributed by atoms with Crippen LogP contribution in [-0.2, 0) is 5.75 Å². The lowest BCUT2D eigenvalue weighted by Crippen LogP contribution is -1.96. The van der Waals surface area contributed by atoms with Crippen LogP contribution in [-0.4, -0.2) is 33.9 Å². The highest BCUT2D eigenvalue weighted by atomic mass is 32.2. The Labute approximate surface area is 166 Å². The van der Waals surface area contributed by atoms with Crippen molar-refractivity contribution in [2.45, 2.75) is 10.9 Å². The van der Waals surface area contributed by atoms with E-state index >= 15 is 0 Å². The zero-order valence-corrected chi connectivity index (χ0v) is 16.2. The Morgan fingerprint density at radius 2 is 1.82 bits per heavy atom. The lowest BCUT2D eigenvalue weighted by Gasteiger charge is -2.08. The van der Waals surface area contributed by atoms with E-state index in [1.165, 1.54) is 11.8 Å². The summed E-state index contributed by atoms with van der Waals surface area (Å²) in [5, 5.41) is 4.89. The molecule has 2 heterocycles. The summed E-state index contributed by atoms with van der Waals surface area (Å²) >= 11 is 1.52. The molecule has 0 atom stereocenters. The van der Waals surface area contributed by atoms with Gasteiger partial charge in [-0.15, -0.1) is 0 Å². The summed E-state index contributed by atoms with van der Waals surface area (Å²) in [6.07, 6.45) is 3.67. The summed E-state index contributed by atoms with van der Waals surface area (Å²) in [6.45, 7) is 0. The fourth-order valence-electron chi connectivity index (χ4n) is 2.67. The first-order valence-electron chi connectivity index (χ1n) is 8.54. The van der Waals surface area contributed by atoms with Crippen molar-refractivity contribution in [3.05, 3.63) is 66.8 Å². The van der Waals surface area contributed by atoms with Gasteiger partial charge >= 0.3 is 0 Å². The van der Waals surface area contributed by atoms with Crippen LogP contribution in [0, 0.1) is 0 Å². The van der Waals surface area contributed by atoms with Crippen LogP contribution in [0.25, 0.3) is 17.1 Å². The molecule has 0 N–H and O–H groups in total. The third kappa shape index (κ3) is 3.86. The number of imidazole rings is 1. The topological polar surface area (TPSA) is 75.2 Å². The van der Waals surface area contributed by atoms with E-state index in [1.807, 2.05) is 59.3 Å². The summed E-state index contributed by atoms with van der Waals surface area (Å²) in [7, 11) is 3.28. The number of hydrogen-bond acceptors (Lipinski definition) is 7. The van der Waals surface area contributed by atoms with E-state index in [1.54, 1.807) is 20.4 Å². The van der Waals surface area contributed by atoms with E-state index < -0.39 is 0 Å². The highest BCUT2D eigenvalue weighted by molar-refractivity contribution is 7.98. The Bertz CT molecular complexity index is 1080. The maximum atomic E-state index is 5.39. The SMILES string of the molecule is COc1cccc(-c2noc(CSc3nccn3-c3cccc(OC)c3)n2)c1. The van der Waals surface area contributed by atoms with Crippen LogP contribution in [0.1, 0.15) is 5.89 Å². The molecule has 2 aromatic carbocycles. The monoisotopic (exact) mass is 394 g/mol. The Kier molecular flexibility index (Phi) is 5.29. The molecule has 0 bridgehead atoms. The second-order valence-electron chi connectivity index (χ2n) is 5.81. The van der Waals surface area contributed by atoms with Crippen molar-refractivity contribution in [1.29, 1.82) is 0 Å². The average molecular weight is 394 g/mol. The highest BCUT2D eigenvalue weighted by Gasteiger charge is 2.12. The highest BCUT2D eigenvalue weighted by Crippen LogP contribution is 2.27. The molecule has 0 spiro atoms. The van der Waals surface area contributed by atoms with E-state index in [0.29, 0.717) is 17.5 Å². The normalized spacial score (nSPS) is 10.8. The molecule has 0 amide bonds. The van der Waals surface area contributed by atoms with Gasteiger partial charge in [-0.2, -0.15) is 4.98 Å². The Morgan fingerprint density at radius 1 is 1.04 bits per heavy atom. The molecule has 4 aromatic rings. The molecule has 0 aliphatic rings. The van der Waals surface area contributed by atoms with Gasteiger partial charge < -0.3 is 14.0 Å². The predicted octanol–water partition coefficient (Wildman–Crippen LogP) is 4.23. The van der Waals surface area contributed by atoms with Crippen LogP contribution in [0.2, 0.25) is 0 Å². The van der Waals surface area contributed by atoms with Crippen LogP contribution in [0.5, 0.6) is 11.5 Å². The van der Waals surface area contributed by atoms with Crippen LogP contribution < -0.4 is 9.47 Å². The number of benzene rings is 2. The minimum absolute atomic E-state index is 0.512. The number of nitrogens with zero attached hydrogens (tertiary/aromatic N) is 4. The van der Waals surface area contributed by atoms with Gasteiger partial charge in [0.05, 0.1) is 25.7 Å². The van der Waals surface area contributed by atoms with Crippen molar-refractivity contribution in [3.8, 4) is 28.6 Å². The van der Waals surface area contributed by atoms with Gasteiger partial charge in [0.2, 0.25) is 11.7 Å². The van der Waals surface area contributed by atoms with Gasteiger partial charge in [-0.25, -0.2) is 4.98 Å². The van der Waals surface area contributed by atoms with Gasteiger partial charge in [0.25, 0.3) is 0 Å². The molecule has 8 heteroatoms. The summed E-state index contributed by atoms with van der Waals surface area (Å²) in [5.74, 6) is 3.12. The molecule has 4 rings (SSSR count). The second kappa shape index (κ2) is 8.18. The van der Waals surface area contributed by atoms with E-state index in [2.05, 4.69) is 15.1 Å². The number of methoxy groups -OCH3 is 2. The minimum Gasteiger partial charge on any atom is -0.497 e. The lowest BCUT2D eigenvalue weighted by molar-refractivity contribution is 0.391. The molecule has 2 aromatic heterocycles. The molecule has 0 unspecified atom stereocenters. The molecule has 0 saturated heterocycles. The number of hydrogen-bond donors (Lipinski definition) is 0. The number of ether oxygens (including phenoxy) is 2. The number of thioether (sulfide) groups is 1. The molecule has 0 radical (unpaired) electrons. The van der Waals surface area contributed by atoms with Gasteiger partial charge in [-0.3, -0.25) is 4.57 Å². The number of rotatable bonds is 7. The molecule has 0 saturated carbocycles. The maximum Gasteiger partial charge on any atom is 0.237 e. The summed E-state index contributed by atoms with van der Waals surface area (Å²) in [6, 6.07) is 15.4. The lowest BCUT2D eigenvalue weighted by atomic mass is 10.2. The third-order valence-electron chi connectivity index (χ3n) is 4.06. The first kappa shape index (κ1) is 18.1.